The molecule has 0 N–H and O–H groups in total. The van der Waals surface area contributed by atoms with Crippen molar-refractivity contribution < 1.29 is 28.9 Å². The molecular formula is C16H26N2O8. The Morgan fingerprint density at radius 3 is 1.96 bits per heavy atom. The third kappa shape index (κ3) is 8.54. The molecule has 0 saturated carbocycles. The zero-order valence-corrected chi connectivity index (χ0v) is 15.6. The Balaban J connectivity index is 0.000000405. The van der Waals surface area contributed by atoms with Gasteiger partial charge in [-0.3, -0.25) is 25.0 Å². The summed E-state index contributed by atoms with van der Waals surface area (Å²) in [5, 5.41) is 20.1. The number of ether oxygens (including phenoxy) is 2. The first kappa shape index (κ1) is 23.5. The lowest BCUT2D eigenvalue weighted by molar-refractivity contribution is -0.562. The molecule has 0 bridgehead atoms. The van der Waals surface area contributed by atoms with E-state index in [9.17, 15) is 29.8 Å². The molecule has 10 heteroatoms. The lowest BCUT2D eigenvalue weighted by Crippen LogP contribution is -2.34. The number of rotatable bonds is 4. The maximum absolute atomic E-state index is 11.0. The molecule has 0 spiro atoms. The Labute approximate surface area is 151 Å². The van der Waals surface area contributed by atoms with Crippen LogP contribution in [0.2, 0.25) is 0 Å². The van der Waals surface area contributed by atoms with E-state index in [0.29, 0.717) is 31.6 Å². The van der Waals surface area contributed by atoms with Gasteiger partial charge in [0, 0.05) is 56.0 Å². The summed E-state index contributed by atoms with van der Waals surface area (Å²) in [4.78, 5) is 40.7. The first-order valence-electron chi connectivity index (χ1n) is 8.18. The molecule has 2 saturated heterocycles. The van der Waals surface area contributed by atoms with Crippen molar-refractivity contribution in [3.8, 4) is 0 Å². The Kier molecular flexibility index (Phi) is 9.45. The van der Waals surface area contributed by atoms with Crippen molar-refractivity contribution >= 4 is 11.9 Å². The van der Waals surface area contributed by atoms with Gasteiger partial charge in [-0.25, -0.2) is 4.79 Å². The predicted octanol–water partition coefficient (Wildman–Crippen LogP) is 2.16. The van der Waals surface area contributed by atoms with Gasteiger partial charge in [-0.05, 0) is 6.42 Å². The summed E-state index contributed by atoms with van der Waals surface area (Å²) >= 11 is 0. The highest BCUT2D eigenvalue weighted by Crippen LogP contribution is 2.26. The fourth-order valence-corrected chi connectivity index (χ4v) is 1.87. The minimum atomic E-state index is -1.03. The molecule has 26 heavy (non-hydrogen) atoms. The fourth-order valence-electron chi connectivity index (χ4n) is 1.87. The van der Waals surface area contributed by atoms with Gasteiger partial charge in [0.1, 0.15) is 0 Å². The summed E-state index contributed by atoms with van der Waals surface area (Å²) in [7, 11) is 0. The van der Waals surface area contributed by atoms with Crippen molar-refractivity contribution in [3.05, 3.63) is 32.4 Å². The van der Waals surface area contributed by atoms with Crippen molar-refractivity contribution in [2.24, 2.45) is 5.92 Å². The van der Waals surface area contributed by atoms with Gasteiger partial charge in [0.25, 0.3) is 0 Å². The van der Waals surface area contributed by atoms with Gasteiger partial charge in [-0.15, -0.1) is 0 Å². The SMILES string of the molecule is C=C1CCOC1=O.CC(C)(CC1CCOC1=O)[N+](=O)[O-].CC(C)[N+](=O)[O-]. The van der Waals surface area contributed by atoms with Crippen LogP contribution >= 0.6 is 0 Å². The first-order chi connectivity index (χ1) is 11.9. The molecule has 0 radical (unpaired) electrons. The topological polar surface area (TPSA) is 139 Å². The molecule has 0 aromatic carbocycles. The minimum Gasteiger partial charge on any atom is -0.465 e. The zero-order valence-electron chi connectivity index (χ0n) is 15.6. The summed E-state index contributed by atoms with van der Waals surface area (Å²) < 4.78 is 9.26. The number of carbonyl (C=O) groups is 2. The van der Waals surface area contributed by atoms with Crippen molar-refractivity contribution in [3.63, 3.8) is 0 Å². The Bertz CT molecular complexity index is 542. The summed E-state index contributed by atoms with van der Waals surface area (Å²) in [5.41, 5.74) is -0.436. The largest absolute Gasteiger partial charge is 0.465 e. The van der Waals surface area contributed by atoms with Crippen LogP contribution in [0.3, 0.4) is 0 Å². The van der Waals surface area contributed by atoms with Crippen LogP contribution in [0.15, 0.2) is 12.2 Å². The minimum absolute atomic E-state index is 0.236. The summed E-state index contributed by atoms with van der Waals surface area (Å²) in [6.07, 6.45) is 1.58. The van der Waals surface area contributed by atoms with Crippen LogP contribution in [-0.4, -0.2) is 46.6 Å². The lowest BCUT2D eigenvalue weighted by Gasteiger charge is -2.17. The van der Waals surface area contributed by atoms with E-state index >= 15 is 0 Å². The lowest BCUT2D eigenvalue weighted by atomic mass is 9.90. The summed E-state index contributed by atoms with van der Waals surface area (Å²) in [6.45, 7) is 10.5. The van der Waals surface area contributed by atoms with Crippen molar-refractivity contribution in [2.45, 2.75) is 58.5 Å². The van der Waals surface area contributed by atoms with Crippen LogP contribution in [0.4, 0.5) is 0 Å². The molecule has 0 amide bonds. The quantitative estimate of drug-likeness (QED) is 0.316. The van der Waals surface area contributed by atoms with Crippen LogP contribution < -0.4 is 0 Å². The zero-order chi connectivity index (χ0) is 20.5. The number of hydrogen-bond acceptors (Lipinski definition) is 8. The Morgan fingerprint density at radius 1 is 1.19 bits per heavy atom. The predicted molar refractivity (Wildman–Crippen MR) is 91.6 cm³/mol. The molecule has 0 aromatic heterocycles. The van der Waals surface area contributed by atoms with Gasteiger partial charge in [-0.2, -0.15) is 0 Å². The monoisotopic (exact) mass is 374 g/mol. The molecule has 2 rings (SSSR count). The van der Waals surface area contributed by atoms with Crippen molar-refractivity contribution in [1.29, 1.82) is 0 Å². The number of nitro groups is 2. The number of esters is 2. The highest BCUT2D eigenvalue weighted by atomic mass is 16.6. The van der Waals surface area contributed by atoms with Gasteiger partial charge in [0.15, 0.2) is 0 Å². The van der Waals surface area contributed by atoms with E-state index in [-0.39, 0.29) is 34.1 Å². The third-order valence-electron chi connectivity index (χ3n) is 3.63. The highest BCUT2D eigenvalue weighted by Gasteiger charge is 2.39. The second-order valence-electron chi connectivity index (χ2n) is 6.80. The van der Waals surface area contributed by atoms with E-state index in [0.717, 1.165) is 0 Å². The fraction of sp³-hybridized carbons (Fsp3) is 0.750. The van der Waals surface area contributed by atoms with Gasteiger partial charge in [0.2, 0.25) is 11.6 Å². The van der Waals surface area contributed by atoms with Gasteiger partial charge < -0.3 is 9.47 Å². The molecule has 0 aliphatic carbocycles. The number of nitrogens with zero attached hydrogens (tertiary/aromatic N) is 2. The average molecular weight is 374 g/mol. The molecule has 148 valence electrons. The summed E-state index contributed by atoms with van der Waals surface area (Å²) in [5.74, 6) is -0.824. The molecule has 1 unspecified atom stereocenters. The van der Waals surface area contributed by atoms with Crippen LogP contribution in [0, 0.1) is 26.1 Å². The molecule has 0 aromatic rings. The van der Waals surface area contributed by atoms with E-state index in [1.807, 2.05) is 0 Å². The van der Waals surface area contributed by atoms with E-state index in [4.69, 9.17) is 4.74 Å². The number of cyclic esters (lactones) is 2. The van der Waals surface area contributed by atoms with Crippen LogP contribution in [-0.2, 0) is 19.1 Å². The van der Waals surface area contributed by atoms with Gasteiger partial charge in [0.05, 0.1) is 19.1 Å². The van der Waals surface area contributed by atoms with Crippen LogP contribution in [0.5, 0.6) is 0 Å². The maximum atomic E-state index is 11.0. The maximum Gasteiger partial charge on any atom is 0.333 e. The highest BCUT2D eigenvalue weighted by molar-refractivity contribution is 5.89. The molecular weight excluding hydrogens is 348 g/mol. The molecule has 2 aliphatic heterocycles. The molecule has 2 aliphatic rings. The smallest absolute Gasteiger partial charge is 0.333 e. The average Bonchev–Trinajstić information content (AvgIpc) is 3.09. The second-order valence-corrected chi connectivity index (χ2v) is 6.80. The van der Waals surface area contributed by atoms with Gasteiger partial charge in [-0.1, -0.05) is 6.58 Å². The molecule has 10 nitrogen and oxygen atoms in total. The first-order valence-corrected chi connectivity index (χ1v) is 8.18. The molecule has 2 fully saturated rings. The van der Waals surface area contributed by atoms with Crippen LogP contribution in [0.1, 0.15) is 47.0 Å². The van der Waals surface area contributed by atoms with Crippen LogP contribution in [0.25, 0.3) is 0 Å². The van der Waals surface area contributed by atoms with E-state index in [1.54, 1.807) is 13.8 Å². The normalized spacial score (nSPS) is 19.0. The Hall–Kier alpha value is -2.52. The number of hydrogen-bond donors (Lipinski definition) is 0. The van der Waals surface area contributed by atoms with E-state index in [1.165, 1.54) is 13.8 Å². The van der Waals surface area contributed by atoms with Gasteiger partial charge >= 0.3 is 11.9 Å². The van der Waals surface area contributed by atoms with Crippen molar-refractivity contribution in [2.75, 3.05) is 13.2 Å². The summed E-state index contributed by atoms with van der Waals surface area (Å²) in [6, 6.07) is -0.426. The molecule has 1 atom stereocenters. The van der Waals surface area contributed by atoms with E-state index in [2.05, 4.69) is 11.3 Å². The van der Waals surface area contributed by atoms with Crippen molar-refractivity contribution in [1.82, 2.24) is 0 Å². The second kappa shape index (κ2) is 10.5. The number of carbonyl (C=O) groups excluding carboxylic acids is 2. The Morgan fingerprint density at radius 2 is 1.73 bits per heavy atom. The van der Waals surface area contributed by atoms with E-state index < -0.39 is 11.6 Å². The molecule has 2 heterocycles. The third-order valence-corrected chi connectivity index (χ3v) is 3.63. The standard InChI is InChI=1S/C8H13NO4.C5H6O2.C3H7NO2/c1-8(2,9(11)12)5-6-3-4-13-7(6)10;1-4-2-3-7-5(4)6;1-3(2)4(5)6/h6H,3-5H2,1-2H3;1-3H2;3H,1-2H3.